The molecule has 0 aliphatic carbocycles. The SMILES string of the molecule is C=C(C)c1cccc(CN2CCN([C@H](C(=O)O)C(C)(C)CC(C)(C)C)C2=O)n1. The molecule has 1 aliphatic rings. The Kier molecular flexibility index (Phi) is 6.21. The number of aliphatic carboxylic acids is 1. The van der Waals surface area contributed by atoms with Gasteiger partial charge in [-0.3, -0.25) is 4.98 Å². The van der Waals surface area contributed by atoms with Crippen LogP contribution >= 0.6 is 0 Å². The molecule has 2 heterocycles. The number of carbonyl (C=O) groups excluding carboxylic acids is 1. The van der Waals surface area contributed by atoms with E-state index in [-0.39, 0.29) is 11.4 Å². The van der Waals surface area contributed by atoms with Crippen molar-refractivity contribution in [1.29, 1.82) is 0 Å². The average Bonchev–Trinajstić information content (AvgIpc) is 2.86. The molecule has 1 saturated heterocycles. The molecule has 2 rings (SSSR count). The van der Waals surface area contributed by atoms with Crippen molar-refractivity contribution in [1.82, 2.24) is 14.8 Å². The molecule has 28 heavy (non-hydrogen) atoms. The van der Waals surface area contributed by atoms with Crippen molar-refractivity contribution in [2.75, 3.05) is 13.1 Å². The number of nitrogens with zero attached hydrogens (tertiary/aromatic N) is 3. The van der Waals surface area contributed by atoms with Crippen LogP contribution in [0.2, 0.25) is 0 Å². The van der Waals surface area contributed by atoms with Gasteiger partial charge in [-0.05, 0) is 41.9 Å². The Labute approximate surface area is 168 Å². The molecule has 0 spiro atoms. The minimum atomic E-state index is -0.952. The molecule has 0 unspecified atom stereocenters. The van der Waals surface area contributed by atoms with E-state index in [2.05, 4.69) is 32.3 Å². The highest BCUT2D eigenvalue weighted by molar-refractivity contribution is 5.84. The van der Waals surface area contributed by atoms with Gasteiger partial charge in [-0.1, -0.05) is 47.3 Å². The van der Waals surface area contributed by atoms with Gasteiger partial charge in [0.1, 0.15) is 6.04 Å². The van der Waals surface area contributed by atoms with Crippen LogP contribution in [0.4, 0.5) is 4.79 Å². The number of carboxylic acid groups (broad SMARTS) is 1. The van der Waals surface area contributed by atoms with Crippen LogP contribution in [-0.2, 0) is 11.3 Å². The summed E-state index contributed by atoms with van der Waals surface area (Å²) in [5, 5.41) is 9.92. The Morgan fingerprint density at radius 2 is 1.89 bits per heavy atom. The van der Waals surface area contributed by atoms with Gasteiger partial charge in [0.2, 0.25) is 0 Å². The first-order valence-corrected chi connectivity index (χ1v) is 9.72. The van der Waals surface area contributed by atoms with E-state index in [0.717, 1.165) is 17.0 Å². The van der Waals surface area contributed by atoms with Gasteiger partial charge in [0, 0.05) is 13.1 Å². The average molecular weight is 388 g/mol. The number of allylic oxidation sites excluding steroid dienone is 1. The largest absolute Gasteiger partial charge is 0.480 e. The summed E-state index contributed by atoms with van der Waals surface area (Å²) >= 11 is 0. The van der Waals surface area contributed by atoms with Crippen LogP contribution in [-0.4, -0.2) is 51.0 Å². The fourth-order valence-corrected chi connectivity index (χ4v) is 4.34. The normalized spacial score (nSPS) is 16.4. The summed E-state index contributed by atoms with van der Waals surface area (Å²) in [5.41, 5.74) is 1.86. The Balaban J connectivity index is 2.20. The molecule has 1 aliphatic heterocycles. The fraction of sp³-hybridized carbons (Fsp3) is 0.591. The number of carbonyl (C=O) groups is 2. The van der Waals surface area contributed by atoms with E-state index in [1.54, 1.807) is 4.90 Å². The molecule has 0 bridgehead atoms. The summed E-state index contributed by atoms with van der Waals surface area (Å²) in [4.78, 5) is 32.9. The number of aromatic nitrogens is 1. The summed E-state index contributed by atoms with van der Waals surface area (Å²) in [5.74, 6) is -0.952. The van der Waals surface area contributed by atoms with E-state index in [1.807, 2.05) is 39.0 Å². The molecule has 1 N–H and O–H groups in total. The molecular weight excluding hydrogens is 354 g/mol. The zero-order chi connectivity index (χ0) is 21.3. The highest BCUT2D eigenvalue weighted by Crippen LogP contribution is 2.39. The Morgan fingerprint density at radius 1 is 1.25 bits per heavy atom. The number of carboxylic acids is 1. The number of rotatable bonds is 7. The van der Waals surface area contributed by atoms with E-state index >= 15 is 0 Å². The summed E-state index contributed by atoms with van der Waals surface area (Å²) in [6.07, 6.45) is 0.697. The van der Waals surface area contributed by atoms with Crippen molar-refractivity contribution < 1.29 is 14.7 Å². The standard InChI is InChI=1S/C22H33N3O3/c1-15(2)17-10-8-9-16(23-17)13-24-11-12-25(20(24)28)18(19(26)27)22(6,7)14-21(3,4)5/h8-10,18H,1,11-14H2,2-7H3,(H,26,27)/t18-/m1/s1. The predicted octanol–water partition coefficient (Wildman–Crippen LogP) is 4.27. The zero-order valence-electron chi connectivity index (χ0n) is 18.0. The molecular formula is C22H33N3O3. The summed E-state index contributed by atoms with van der Waals surface area (Å²) in [7, 11) is 0. The first-order valence-electron chi connectivity index (χ1n) is 9.72. The quantitative estimate of drug-likeness (QED) is 0.758. The number of hydrogen-bond acceptors (Lipinski definition) is 3. The minimum Gasteiger partial charge on any atom is -0.480 e. The monoisotopic (exact) mass is 387 g/mol. The molecule has 2 amide bonds. The maximum Gasteiger partial charge on any atom is 0.327 e. The Hall–Kier alpha value is -2.37. The third kappa shape index (κ3) is 5.12. The summed E-state index contributed by atoms with van der Waals surface area (Å²) < 4.78 is 0. The van der Waals surface area contributed by atoms with Crippen molar-refractivity contribution in [2.24, 2.45) is 10.8 Å². The van der Waals surface area contributed by atoms with Gasteiger partial charge >= 0.3 is 12.0 Å². The van der Waals surface area contributed by atoms with Gasteiger partial charge < -0.3 is 14.9 Å². The van der Waals surface area contributed by atoms with E-state index in [9.17, 15) is 14.7 Å². The van der Waals surface area contributed by atoms with Gasteiger partial charge in [0.15, 0.2) is 0 Å². The zero-order valence-corrected chi connectivity index (χ0v) is 18.0. The van der Waals surface area contributed by atoms with Crippen molar-refractivity contribution in [3.05, 3.63) is 36.2 Å². The van der Waals surface area contributed by atoms with E-state index in [0.29, 0.717) is 26.1 Å². The van der Waals surface area contributed by atoms with Crippen LogP contribution in [0, 0.1) is 10.8 Å². The van der Waals surface area contributed by atoms with Gasteiger partial charge in [-0.2, -0.15) is 0 Å². The van der Waals surface area contributed by atoms with Crippen LogP contribution in [0.1, 0.15) is 59.4 Å². The van der Waals surface area contributed by atoms with Crippen LogP contribution in [0.5, 0.6) is 0 Å². The second kappa shape index (κ2) is 7.94. The highest BCUT2D eigenvalue weighted by atomic mass is 16.4. The maximum atomic E-state index is 13.0. The van der Waals surface area contributed by atoms with Crippen LogP contribution in [0.25, 0.3) is 5.57 Å². The van der Waals surface area contributed by atoms with Gasteiger partial charge in [-0.15, -0.1) is 0 Å². The molecule has 1 aromatic rings. The van der Waals surface area contributed by atoms with Crippen molar-refractivity contribution >= 4 is 17.6 Å². The predicted molar refractivity (Wildman–Crippen MR) is 111 cm³/mol. The van der Waals surface area contributed by atoms with Gasteiger partial charge in [-0.25, -0.2) is 9.59 Å². The lowest BCUT2D eigenvalue weighted by atomic mass is 9.71. The smallest absolute Gasteiger partial charge is 0.327 e. The fourth-order valence-electron chi connectivity index (χ4n) is 4.34. The molecule has 154 valence electrons. The number of hydrogen-bond donors (Lipinski definition) is 1. The summed E-state index contributed by atoms with van der Waals surface area (Å²) in [6, 6.07) is 4.56. The second-order valence-corrected chi connectivity index (χ2v) is 9.66. The number of amides is 2. The summed E-state index contributed by atoms with van der Waals surface area (Å²) in [6.45, 7) is 17.2. The molecule has 0 aromatic carbocycles. The Bertz CT molecular complexity index is 765. The van der Waals surface area contributed by atoms with Crippen LogP contribution in [0.3, 0.4) is 0 Å². The van der Waals surface area contributed by atoms with Crippen LogP contribution in [0.15, 0.2) is 24.8 Å². The third-order valence-corrected chi connectivity index (χ3v) is 5.00. The van der Waals surface area contributed by atoms with Crippen molar-refractivity contribution in [3.8, 4) is 0 Å². The number of urea groups is 1. The maximum absolute atomic E-state index is 13.0. The second-order valence-electron chi connectivity index (χ2n) is 9.66. The molecule has 6 nitrogen and oxygen atoms in total. The minimum absolute atomic E-state index is 0.0352. The molecule has 0 saturated carbocycles. The van der Waals surface area contributed by atoms with E-state index < -0.39 is 17.4 Å². The molecule has 1 fully saturated rings. The lowest BCUT2D eigenvalue weighted by Gasteiger charge is -2.40. The van der Waals surface area contributed by atoms with Crippen molar-refractivity contribution in [2.45, 2.75) is 60.5 Å². The Morgan fingerprint density at radius 3 is 2.43 bits per heavy atom. The highest BCUT2D eigenvalue weighted by Gasteiger charge is 2.46. The lowest BCUT2D eigenvalue weighted by Crippen LogP contribution is -2.52. The molecule has 1 aromatic heterocycles. The lowest BCUT2D eigenvalue weighted by molar-refractivity contribution is -0.147. The topological polar surface area (TPSA) is 73.7 Å². The third-order valence-electron chi connectivity index (χ3n) is 5.00. The van der Waals surface area contributed by atoms with E-state index in [1.165, 1.54) is 4.90 Å². The molecule has 1 atom stereocenters. The molecule has 0 radical (unpaired) electrons. The van der Waals surface area contributed by atoms with Gasteiger partial charge in [0.05, 0.1) is 17.9 Å². The van der Waals surface area contributed by atoms with Crippen LogP contribution < -0.4 is 0 Å². The van der Waals surface area contributed by atoms with Crippen molar-refractivity contribution in [3.63, 3.8) is 0 Å². The number of pyridine rings is 1. The molecule has 6 heteroatoms. The first-order chi connectivity index (χ1) is 12.8. The van der Waals surface area contributed by atoms with E-state index in [4.69, 9.17) is 0 Å². The first kappa shape index (κ1) is 21.9. The van der Waals surface area contributed by atoms with Gasteiger partial charge in [0.25, 0.3) is 0 Å².